The molecular formula is C23H39N5O2. The highest BCUT2D eigenvalue weighted by atomic mass is 16.5. The Bertz CT molecular complexity index is 652. The van der Waals surface area contributed by atoms with Crippen molar-refractivity contribution in [3.05, 3.63) is 35.4 Å². The molecule has 1 fully saturated rings. The molecule has 0 atom stereocenters. The molecule has 30 heavy (non-hydrogen) atoms. The zero-order valence-electron chi connectivity index (χ0n) is 19.1. The van der Waals surface area contributed by atoms with Crippen molar-refractivity contribution in [2.24, 2.45) is 4.99 Å². The number of guanidine groups is 1. The van der Waals surface area contributed by atoms with E-state index in [9.17, 15) is 4.79 Å². The topological polar surface area (TPSA) is 69.2 Å². The Morgan fingerprint density at radius 1 is 1.10 bits per heavy atom. The minimum Gasteiger partial charge on any atom is -0.383 e. The Kier molecular flexibility index (Phi) is 10.7. The van der Waals surface area contributed by atoms with Crippen molar-refractivity contribution < 1.29 is 9.53 Å². The van der Waals surface area contributed by atoms with Gasteiger partial charge >= 0.3 is 0 Å². The van der Waals surface area contributed by atoms with Crippen molar-refractivity contribution in [1.29, 1.82) is 0 Å². The zero-order valence-corrected chi connectivity index (χ0v) is 19.1. The number of amides is 1. The highest BCUT2D eigenvalue weighted by Gasteiger charge is 2.20. The third kappa shape index (κ3) is 8.32. The molecule has 7 nitrogen and oxygen atoms in total. The summed E-state index contributed by atoms with van der Waals surface area (Å²) in [5.41, 5.74) is 2.78. The fourth-order valence-corrected chi connectivity index (χ4v) is 3.56. The molecule has 1 aliphatic rings. The molecule has 0 aliphatic carbocycles. The molecule has 1 amide bonds. The van der Waals surface area contributed by atoms with E-state index in [0.29, 0.717) is 25.6 Å². The Morgan fingerprint density at radius 2 is 1.80 bits per heavy atom. The fourth-order valence-electron chi connectivity index (χ4n) is 3.56. The van der Waals surface area contributed by atoms with Crippen LogP contribution in [0.25, 0.3) is 0 Å². The van der Waals surface area contributed by atoms with Crippen LogP contribution in [0.2, 0.25) is 0 Å². The lowest BCUT2D eigenvalue weighted by Gasteiger charge is -2.36. The minimum atomic E-state index is 0.0597. The average Bonchev–Trinajstić information content (AvgIpc) is 2.75. The highest BCUT2D eigenvalue weighted by molar-refractivity contribution is 5.80. The van der Waals surface area contributed by atoms with Crippen LogP contribution in [0.1, 0.15) is 37.3 Å². The molecule has 0 unspecified atom stereocenters. The third-order valence-electron chi connectivity index (χ3n) is 5.45. The molecule has 168 valence electrons. The Labute approximate surface area is 181 Å². The number of nitrogens with one attached hydrogen (secondary N) is 2. The number of nitrogens with zero attached hydrogens (tertiary/aromatic N) is 3. The van der Waals surface area contributed by atoms with E-state index in [1.807, 2.05) is 7.05 Å². The van der Waals surface area contributed by atoms with Crippen LogP contribution in [-0.4, -0.2) is 88.2 Å². The van der Waals surface area contributed by atoms with E-state index in [2.05, 4.69) is 63.5 Å². The number of benzene rings is 1. The van der Waals surface area contributed by atoms with Gasteiger partial charge in [0.15, 0.2) is 5.96 Å². The van der Waals surface area contributed by atoms with Crippen molar-refractivity contribution in [3.8, 4) is 0 Å². The number of piperazine rings is 1. The predicted octanol–water partition coefficient (Wildman–Crippen LogP) is 1.70. The van der Waals surface area contributed by atoms with E-state index in [-0.39, 0.29) is 5.91 Å². The summed E-state index contributed by atoms with van der Waals surface area (Å²) < 4.78 is 4.96. The second-order valence-corrected chi connectivity index (χ2v) is 8.08. The van der Waals surface area contributed by atoms with Gasteiger partial charge < -0.3 is 20.3 Å². The number of ether oxygens (including phenoxy) is 1. The molecule has 2 rings (SSSR count). The van der Waals surface area contributed by atoms with E-state index >= 15 is 0 Å². The number of hydrogen-bond acceptors (Lipinski definition) is 4. The molecule has 0 bridgehead atoms. The normalized spacial score (nSPS) is 15.5. The lowest BCUT2D eigenvalue weighted by atomic mass is 10.0. The molecule has 2 N–H and O–H groups in total. The van der Waals surface area contributed by atoms with Gasteiger partial charge in [0.05, 0.1) is 13.2 Å². The molecule has 1 heterocycles. The van der Waals surface area contributed by atoms with Gasteiger partial charge in [0.2, 0.25) is 5.91 Å². The van der Waals surface area contributed by atoms with Crippen molar-refractivity contribution in [1.82, 2.24) is 20.4 Å². The SMILES string of the molecule is CN=C(NCCCc1ccc(C(C)C)cc1)N1CCN(CC(=O)NCCOC)CC1. The largest absolute Gasteiger partial charge is 0.383 e. The van der Waals surface area contributed by atoms with Crippen LogP contribution >= 0.6 is 0 Å². The zero-order chi connectivity index (χ0) is 21.8. The van der Waals surface area contributed by atoms with Gasteiger partial charge in [0.25, 0.3) is 0 Å². The number of methoxy groups -OCH3 is 1. The number of rotatable bonds is 10. The second-order valence-electron chi connectivity index (χ2n) is 8.08. The van der Waals surface area contributed by atoms with Gasteiger partial charge in [-0.25, -0.2) is 0 Å². The molecule has 0 saturated carbocycles. The first-order valence-corrected chi connectivity index (χ1v) is 11.1. The van der Waals surface area contributed by atoms with Gasteiger partial charge in [0.1, 0.15) is 0 Å². The summed E-state index contributed by atoms with van der Waals surface area (Å²) in [5, 5.41) is 6.37. The van der Waals surface area contributed by atoms with Gasteiger partial charge in [-0.05, 0) is 29.9 Å². The number of carbonyl (C=O) groups is 1. The van der Waals surface area contributed by atoms with Crippen LogP contribution in [-0.2, 0) is 16.0 Å². The smallest absolute Gasteiger partial charge is 0.234 e. The molecule has 0 spiro atoms. The molecule has 0 radical (unpaired) electrons. The standard InChI is InChI=1S/C23H39N5O2/c1-19(2)21-9-7-20(8-10-21)6-5-11-26-23(24-3)28-15-13-27(14-16-28)18-22(29)25-12-17-30-4/h7-10,19H,5-6,11-18H2,1-4H3,(H,24,26)(H,25,29). The molecule has 0 aromatic heterocycles. The lowest BCUT2D eigenvalue weighted by molar-refractivity contribution is -0.122. The van der Waals surface area contributed by atoms with E-state index in [1.54, 1.807) is 7.11 Å². The first kappa shape index (κ1) is 24.2. The van der Waals surface area contributed by atoms with E-state index in [0.717, 1.165) is 51.5 Å². The number of hydrogen-bond donors (Lipinski definition) is 2. The van der Waals surface area contributed by atoms with Crippen molar-refractivity contribution in [3.63, 3.8) is 0 Å². The maximum atomic E-state index is 11.9. The summed E-state index contributed by atoms with van der Waals surface area (Å²) in [6, 6.07) is 8.97. The summed E-state index contributed by atoms with van der Waals surface area (Å²) in [5.74, 6) is 1.59. The Hall–Kier alpha value is -2.12. The maximum absolute atomic E-state index is 11.9. The van der Waals surface area contributed by atoms with Crippen molar-refractivity contribution in [2.45, 2.75) is 32.6 Å². The summed E-state index contributed by atoms with van der Waals surface area (Å²) in [7, 11) is 3.47. The van der Waals surface area contributed by atoms with Gasteiger partial charge in [-0.15, -0.1) is 0 Å². The summed E-state index contributed by atoms with van der Waals surface area (Å²) >= 11 is 0. The Balaban J connectivity index is 1.65. The van der Waals surface area contributed by atoms with Crippen LogP contribution in [0.5, 0.6) is 0 Å². The lowest BCUT2D eigenvalue weighted by Crippen LogP contribution is -2.54. The van der Waals surface area contributed by atoms with Gasteiger partial charge in [-0.1, -0.05) is 38.1 Å². The van der Waals surface area contributed by atoms with Gasteiger partial charge in [0, 0.05) is 53.4 Å². The second kappa shape index (κ2) is 13.2. The summed E-state index contributed by atoms with van der Waals surface area (Å²) in [6.07, 6.45) is 2.13. The predicted molar refractivity (Wildman–Crippen MR) is 123 cm³/mol. The summed E-state index contributed by atoms with van der Waals surface area (Å²) in [6.45, 7) is 10.4. The van der Waals surface area contributed by atoms with Crippen LogP contribution in [0.4, 0.5) is 0 Å². The number of aryl methyl sites for hydroxylation is 1. The monoisotopic (exact) mass is 417 g/mol. The van der Waals surface area contributed by atoms with E-state index in [4.69, 9.17) is 4.74 Å². The first-order valence-electron chi connectivity index (χ1n) is 11.1. The van der Waals surface area contributed by atoms with Crippen LogP contribution in [0.3, 0.4) is 0 Å². The molecule has 1 aromatic rings. The van der Waals surface area contributed by atoms with Gasteiger partial charge in [-0.2, -0.15) is 0 Å². The molecule has 1 saturated heterocycles. The van der Waals surface area contributed by atoms with Crippen molar-refractivity contribution in [2.75, 3.05) is 66.6 Å². The van der Waals surface area contributed by atoms with Crippen molar-refractivity contribution >= 4 is 11.9 Å². The highest BCUT2D eigenvalue weighted by Crippen LogP contribution is 2.15. The van der Waals surface area contributed by atoms with Crippen LogP contribution in [0.15, 0.2) is 29.3 Å². The molecule has 1 aliphatic heterocycles. The maximum Gasteiger partial charge on any atom is 0.234 e. The third-order valence-corrected chi connectivity index (χ3v) is 5.45. The average molecular weight is 418 g/mol. The fraction of sp³-hybridized carbons (Fsp3) is 0.652. The summed E-state index contributed by atoms with van der Waals surface area (Å²) in [4.78, 5) is 20.8. The quantitative estimate of drug-likeness (QED) is 0.345. The van der Waals surface area contributed by atoms with Crippen LogP contribution in [0, 0.1) is 0 Å². The molecule has 7 heteroatoms. The van der Waals surface area contributed by atoms with E-state index < -0.39 is 0 Å². The Morgan fingerprint density at radius 3 is 2.40 bits per heavy atom. The molecule has 1 aromatic carbocycles. The van der Waals surface area contributed by atoms with E-state index in [1.165, 1.54) is 11.1 Å². The first-order chi connectivity index (χ1) is 14.5. The number of carbonyl (C=O) groups excluding carboxylic acids is 1. The minimum absolute atomic E-state index is 0.0597. The van der Waals surface area contributed by atoms with Gasteiger partial charge in [-0.3, -0.25) is 14.7 Å². The molecular weight excluding hydrogens is 378 g/mol. The van der Waals surface area contributed by atoms with Crippen LogP contribution < -0.4 is 10.6 Å². The number of aliphatic imine (C=N–C) groups is 1.